The molecule has 0 aromatic heterocycles. The Balaban J connectivity index is 1.65. The summed E-state index contributed by atoms with van der Waals surface area (Å²) in [5.41, 5.74) is 0.920. The van der Waals surface area contributed by atoms with Gasteiger partial charge in [-0.1, -0.05) is 30.3 Å². The summed E-state index contributed by atoms with van der Waals surface area (Å²) in [6, 6.07) is 19.3. The molecule has 0 saturated carbocycles. The molecule has 3 aromatic carbocycles. The van der Waals surface area contributed by atoms with E-state index in [1.807, 2.05) is 0 Å². The molecule has 1 fully saturated rings. The normalized spacial score (nSPS) is 13.5. The Morgan fingerprint density at radius 2 is 1.53 bits per heavy atom. The average molecular weight is 538 g/mol. The number of piperidine rings is 1. The molecule has 2 amide bonds. The summed E-state index contributed by atoms with van der Waals surface area (Å²) in [6.45, 7) is 0.811. The van der Waals surface area contributed by atoms with Gasteiger partial charge in [-0.25, -0.2) is 8.42 Å². The zero-order valence-electron chi connectivity index (χ0n) is 21.4. The number of carbonyl (C=O) groups is 2. The van der Waals surface area contributed by atoms with Crippen molar-refractivity contribution in [2.45, 2.75) is 24.2 Å². The van der Waals surface area contributed by atoms with Crippen LogP contribution in [0.25, 0.3) is 0 Å². The molecule has 200 valence electrons. The van der Waals surface area contributed by atoms with Crippen LogP contribution in [0.1, 0.15) is 29.6 Å². The topological polar surface area (TPSA) is 105 Å². The number of ether oxygens (including phenoxy) is 2. The van der Waals surface area contributed by atoms with Crippen LogP contribution in [0.3, 0.4) is 0 Å². The van der Waals surface area contributed by atoms with Crippen LogP contribution < -0.4 is 19.1 Å². The van der Waals surface area contributed by atoms with Gasteiger partial charge in [0.05, 0.1) is 36.1 Å². The molecule has 1 aliphatic heterocycles. The maximum Gasteiger partial charge on any atom is 0.264 e. The van der Waals surface area contributed by atoms with Crippen molar-refractivity contribution in [3.8, 4) is 11.5 Å². The van der Waals surface area contributed by atoms with Crippen molar-refractivity contribution in [1.29, 1.82) is 0 Å². The van der Waals surface area contributed by atoms with E-state index in [-0.39, 0.29) is 16.5 Å². The van der Waals surface area contributed by atoms with Crippen molar-refractivity contribution < 1.29 is 27.5 Å². The van der Waals surface area contributed by atoms with Crippen LogP contribution in [0, 0.1) is 0 Å². The van der Waals surface area contributed by atoms with E-state index in [1.54, 1.807) is 59.5 Å². The lowest BCUT2D eigenvalue weighted by molar-refractivity contribution is -0.114. The van der Waals surface area contributed by atoms with Crippen LogP contribution in [0.4, 0.5) is 11.4 Å². The van der Waals surface area contributed by atoms with Crippen LogP contribution in [0.2, 0.25) is 0 Å². The average Bonchev–Trinajstić information content (AvgIpc) is 2.96. The number of rotatable bonds is 9. The van der Waals surface area contributed by atoms with Crippen LogP contribution in [-0.4, -0.2) is 59.0 Å². The summed E-state index contributed by atoms with van der Waals surface area (Å²) >= 11 is 0. The summed E-state index contributed by atoms with van der Waals surface area (Å²) in [5, 5.41) is 2.76. The second kappa shape index (κ2) is 12.0. The minimum absolute atomic E-state index is 0.0308. The molecule has 0 bridgehead atoms. The number of anilines is 2. The van der Waals surface area contributed by atoms with Crippen molar-refractivity contribution in [3.05, 3.63) is 78.4 Å². The first-order chi connectivity index (χ1) is 18.3. The molecule has 1 heterocycles. The first-order valence-electron chi connectivity index (χ1n) is 12.3. The molecule has 0 spiro atoms. The fourth-order valence-corrected chi connectivity index (χ4v) is 5.81. The molecule has 1 saturated heterocycles. The van der Waals surface area contributed by atoms with Gasteiger partial charge in [0.15, 0.2) is 11.5 Å². The van der Waals surface area contributed by atoms with Gasteiger partial charge in [0.25, 0.3) is 15.9 Å². The predicted octanol–water partition coefficient (Wildman–Crippen LogP) is 4.16. The second-order valence-corrected chi connectivity index (χ2v) is 10.7. The van der Waals surface area contributed by atoms with Crippen LogP contribution in [0.5, 0.6) is 11.5 Å². The summed E-state index contributed by atoms with van der Waals surface area (Å²) in [6.07, 6.45) is 2.97. The Hall–Kier alpha value is -4.05. The van der Waals surface area contributed by atoms with Crippen molar-refractivity contribution >= 4 is 33.2 Å². The number of nitrogens with one attached hydrogen (secondary N) is 1. The highest BCUT2D eigenvalue weighted by Gasteiger charge is 2.29. The lowest BCUT2D eigenvalue weighted by atomic mass is 10.1. The van der Waals surface area contributed by atoms with E-state index in [4.69, 9.17) is 9.47 Å². The van der Waals surface area contributed by atoms with Crippen LogP contribution >= 0.6 is 0 Å². The maximum absolute atomic E-state index is 13.7. The Morgan fingerprint density at radius 3 is 2.21 bits per heavy atom. The fraction of sp³-hybridized carbons (Fsp3) is 0.286. The molecule has 1 N–H and O–H groups in total. The Morgan fingerprint density at radius 1 is 0.868 bits per heavy atom. The van der Waals surface area contributed by atoms with Crippen LogP contribution in [-0.2, 0) is 14.8 Å². The highest BCUT2D eigenvalue weighted by molar-refractivity contribution is 7.92. The molecule has 0 atom stereocenters. The lowest BCUT2D eigenvalue weighted by Crippen LogP contribution is -2.39. The fourth-order valence-electron chi connectivity index (χ4n) is 4.38. The molecule has 38 heavy (non-hydrogen) atoms. The largest absolute Gasteiger partial charge is 0.493 e. The Bertz CT molecular complexity index is 1390. The Labute approximate surface area is 223 Å². The van der Waals surface area contributed by atoms with Gasteiger partial charge in [0.1, 0.15) is 6.54 Å². The summed E-state index contributed by atoms with van der Waals surface area (Å²) in [4.78, 5) is 28.3. The first kappa shape index (κ1) is 27.0. The van der Waals surface area contributed by atoms with Gasteiger partial charge in [0, 0.05) is 19.2 Å². The highest BCUT2D eigenvalue weighted by Crippen LogP contribution is 2.34. The van der Waals surface area contributed by atoms with E-state index >= 15 is 0 Å². The number of benzene rings is 3. The zero-order chi connectivity index (χ0) is 27.1. The molecular formula is C28H31N3O6S. The zero-order valence-corrected chi connectivity index (χ0v) is 22.2. The summed E-state index contributed by atoms with van der Waals surface area (Å²) < 4.78 is 39.0. The third-order valence-corrected chi connectivity index (χ3v) is 8.14. The van der Waals surface area contributed by atoms with Crippen LogP contribution in [0.15, 0.2) is 77.7 Å². The molecule has 0 unspecified atom stereocenters. The molecular weight excluding hydrogens is 506 g/mol. The molecule has 0 radical (unpaired) electrons. The van der Waals surface area contributed by atoms with Crippen molar-refractivity contribution in [2.75, 3.05) is 43.5 Å². The quantitative estimate of drug-likeness (QED) is 0.439. The number of carbonyl (C=O) groups excluding carboxylic acids is 2. The maximum atomic E-state index is 13.7. The predicted molar refractivity (Wildman–Crippen MR) is 145 cm³/mol. The van der Waals surface area contributed by atoms with Crippen molar-refractivity contribution in [2.24, 2.45) is 0 Å². The van der Waals surface area contributed by atoms with Gasteiger partial charge in [-0.15, -0.1) is 0 Å². The molecule has 9 nitrogen and oxygen atoms in total. The number of methoxy groups -OCH3 is 2. The third kappa shape index (κ3) is 5.91. The van der Waals surface area contributed by atoms with Crippen molar-refractivity contribution in [1.82, 2.24) is 4.90 Å². The van der Waals surface area contributed by atoms with Gasteiger partial charge in [-0.2, -0.15) is 0 Å². The number of likely N-dealkylation sites (tertiary alicyclic amines) is 1. The standard InChI is InChI=1S/C28H31N3O6S/c1-36-25-16-15-21(19-26(25)37-2)31(38(34,35)22-11-5-3-6-12-22)20-27(32)29-24-14-8-7-13-23(24)28(33)30-17-9-4-10-18-30/h3,5-8,11-16,19H,4,9-10,17-18,20H2,1-2H3,(H,29,32). The van der Waals surface area contributed by atoms with E-state index in [0.29, 0.717) is 35.8 Å². The first-order valence-corrected chi connectivity index (χ1v) is 13.8. The van der Waals surface area contributed by atoms with E-state index in [0.717, 1.165) is 23.6 Å². The monoisotopic (exact) mass is 537 g/mol. The van der Waals surface area contributed by atoms with Gasteiger partial charge in [0.2, 0.25) is 5.91 Å². The van der Waals surface area contributed by atoms with E-state index < -0.39 is 22.5 Å². The number of nitrogens with zero attached hydrogens (tertiary/aromatic N) is 2. The van der Waals surface area contributed by atoms with Gasteiger partial charge in [-0.05, 0) is 55.7 Å². The van der Waals surface area contributed by atoms with Crippen molar-refractivity contribution in [3.63, 3.8) is 0 Å². The molecule has 3 aromatic rings. The van der Waals surface area contributed by atoms with E-state index in [1.165, 1.54) is 32.4 Å². The minimum Gasteiger partial charge on any atom is -0.493 e. The van der Waals surface area contributed by atoms with Gasteiger partial charge >= 0.3 is 0 Å². The van der Waals surface area contributed by atoms with Gasteiger partial charge < -0.3 is 19.7 Å². The van der Waals surface area contributed by atoms with E-state index in [9.17, 15) is 18.0 Å². The SMILES string of the molecule is COc1ccc(N(CC(=O)Nc2ccccc2C(=O)N2CCCCC2)S(=O)(=O)c2ccccc2)cc1OC. The molecule has 10 heteroatoms. The number of para-hydroxylation sites is 1. The third-order valence-electron chi connectivity index (χ3n) is 6.35. The number of hydrogen-bond acceptors (Lipinski definition) is 6. The molecule has 1 aliphatic rings. The minimum atomic E-state index is -4.13. The molecule has 0 aliphatic carbocycles. The Kier molecular flexibility index (Phi) is 8.52. The smallest absolute Gasteiger partial charge is 0.264 e. The molecule has 4 rings (SSSR count). The summed E-state index contributed by atoms with van der Waals surface area (Å²) in [7, 11) is -1.21. The number of amides is 2. The van der Waals surface area contributed by atoms with E-state index in [2.05, 4.69) is 5.32 Å². The summed E-state index contributed by atoms with van der Waals surface area (Å²) in [5.74, 6) is -0.0218. The lowest BCUT2D eigenvalue weighted by Gasteiger charge is -2.28. The number of sulfonamides is 1. The second-order valence-electron chi connectivity index (χ2n) is 8.81. The number of hydrogen-bond donors (Lipinski definition) is 1. The van der Waals surface area contributed by atoms with Gasteiger partial charge in [-0.3, -0.25) is 13.9 Å². The highest BCUT2D eigenvalue weighted by atomic mass is 32.2.